The van der Waals surface area contributed by atoms with E-state index in [-0.39, 0.29) is 35.8 Å². The van der Waals surface area contributed by atoms with Crippen LogP contribution in [0.3, 0.4) is 0 Å². The molecule has 2 aromatic rings. The number of carboxylic acids is 2. The molecule has 0 saturated carbocycles. The van der Waals surface area contributed by atoms with Crippen molar-refractivity contribution in [2.75, 3.05) is 0 Å². The largest absolute Gasteiger partial charge is 0.478 e. The summed E-state index contributed by atoms with van der Waals surface area (Å²) in [5.74, 6) is -3.55. The highest BCUT2D eigenvalue weighted by molar-refractivity contribution is 5.99. The number of carbonyl (C=O) groups excluding carboxylic acids is 2. The Balaban J connectivity index is 2.50. The zero-order valence-corrected chi connectivity index (χ0v) is 17.9. The molecule has 0 fully saturated rings. The zero-order valence-electron chi connectivity index (χ0n) is 17.9. The van der Waals surface area contributed by atoms with Crippen molar-refractivity contribution in [3.8, 4) is 0 Å². The van der Waals surface area contributed by atoms with E-state index in [0.717, 1.165) is 0 Å². The number of hydrogen-bond donors (Lipinski definition) is 4. The molecule has 0 aliphatic carbocycles. The molecule has 4 N–H and O–H groups in total. The molecule has 8 nitrogen and oxygen atoms in total. The van der Waals surface area contributed by atoms with Crippen LogP contribution in [0.15, 0.2) is 71.8 Å². The average Bonchev–Trinajstić information content (AvgIpc) is 2.74. The molecule has 0 heterocycles. The van der Waals surface area contributed by atoms with Gasteiger partial charge in [-0.2, -0.15) is 0 Å². The number of carboxylic acid groups (broad SMARTS) is 2. The van der Waals surface area contributed by atoms with E-state index in [1.54, 1.807) is 60.7 Å². The van der Waals surface area contributed by atoms with Gasteiger partial charge in [0.1, 0.15) is 0 Å². The van der Waals surface area contributed by atoms with Crippen LogP contribution >= 0.6 is 0 Å². The molecule has 0 unspecified atom stereocenters. The lowest BCUT2D eigenvalue weighted by atomic mass is 9.90. The van der Waals surface area contributed by atoms with E-state index in [1.807, 2.05) is 0 Å². The molecule has 2 aromatic carbocycles. The summed E-state index contributed by atoms with van der Waals surface area (Å²) < 4.78 is 0. The summed E-state index contributed by atoms with van der Waals surface area (Å²) in [6, 6.07) is 16.0. The summed E-state index contributed by atoms with van der Waals surface area (Å²) in [5.41, 5.74) is 0.609. The van der Waals surface area contributed by atoms with Gasteiger partial charge in [-0.25, -0.2) is 9.59 Å². The van der Waals surface area contributed by atoms with Crippen molar-refractivity contribution in [3.63, 3.8) is 0 Å². The van der Waals surface area contributed by atoms with Gasteiger partial charge in [-0.1, -0.05) is 60.7 Å². The predicted molar refractivity (Wildman–Crippen MR) is 118 cm³/mol. The minimum atomic E-state index is -1.40. The van der Waals surface area contributed by atoms with Gasteiger partial charge in [0.05, 0.1) is 12.1 Å². The Labute approximate surface area is 186 Å². The van der Waals surface area contributed by atoms with Crippen LogP contribution in [0.2, 0.25) is 0 Å². The molecular formula is C24H26N2O6. The summed E-state index contributed by atoms with van der Waals surface area (Å²) in [6.45, 7) is 2.61. The topological polar surface area (TPSA) is 133 Å². The molecule has 0 aliphatic heterocycles. The van der Waals surface area contributed by atoms with Gasteiger partial charge in [-0.15, -0.1) is 0 Å². The lowest BCUT2D eigenvalue weighted by molar-refractivity contribution is -0.136. The molecular weight excluding hydrogens is 412 g/mol. The maximum atomic E-state index is 12.1. The Morgan fingerprint density at radius 2 is 0.969 bits per heavy atom. The van der Waals surface area contributed by atoms with Crippen molar-refractivity contribution in [1.82, 2.24) is 10.6 Å². The highest BCUT2D eigenvalue weighted by Gasteiger charge is 2.28. The molecule has 0 aromatic heterocycles. The van der Waals surface area contributed by atoms with E-state index in [9.17, 15) is 29.4 Å². The van der Waals surface area contributed by atoms with E-state index in [2.05, 4.69) is 10.6 Å². The van der Waals surface area contributed by atoms with Gasteiger partial charge in [0.25, 0.3) is 0 Å². The molecule has 2 amide bonds. The third kappa shape index (κ3) is 7.09. The lowest BCUT2D eigenvalue weighted by Gasteiger charge is -2.22. The summed E-state index contributed by atoms with van der Waals surface area (Å²) in [6.07, 6.45) is -0.468. The number of benzene rings is 2. The van der Waals surface area contributed by atoms with Crippen LogP contribution in [0.5, 0.6) is 0 Å². The van der Waals surface area contributed by atoms with E-state index < -0.39 is 24.0 Å². The molecule has 8 heteroatoms. The molecule has 168 valence electrons. The van der Waals surface area contributed by atoms with Gasteiger partial charge in [0.2, 0.25) is 11.8 Å². The van der Waals surface area contributed by atoms with E-state index in [0.29, 0.717) is 11.1 Å². The molecule has 0 radical (unpaired) electrons. The van der Waals surface area contributed by atoms with Gasteiger partial charge in [-0.3, -0.25) is 9.59 Å². The van der Waals surface area contributed by atoms with Crippen molar-refractivity contribution >= 4 is 23.8 Å². The van der Waals surface area contributed by atoms with Gasteiger partial charge < -0.3 is 20.8 Å². The first-order valence-corrected chi connectivity index (χ1v) is 10.0. The molecule has 0 saturated heterocycles. The molecule has 0 bridgehead atoms. The fraction of sp³-hybridized carbons (Fsp3) is 0.250. The number of hydrogen-bond acceptors (Lipinski definition) is 4. The minimum Gasteiger partial charge on any atom is -0.478 e. The standard InChI is InChI=1S/C24H26N2O6/c1-15(27)25-21(17-9-5-3-6-10-17)13-19(23(29)30)20(24(31)32)14-22(26-16(2)28)18-11-7-4-8-12-18/h3-12,21-22H,13-14H2,1-2H3,(H,25,27)(H,26,28)(H,29,30)(H,31,32)/b20-19+/t21-,22-/m0/s1. The average molecular weight is 438 g/mol. The maximum absolute atomic E-state index is 12.1. The Morgan fingerprint density at radius 3 is 1.22 bits per heavy atom. The molecule has 0 spiro atoms. The Kier molecular flexibility index (Phi) is 8.71. The fourth-order valence-electron chi connectivity index (χ4n) is 3.45. The van der Waals surface area contributed by atoms with Gasteiger partial charge in [0, 0.05) is 37.8 Å². The highest BCUT2D eigenvalue weighted by Crippen LogP contribution is 2.29. The number of rotatable bonds is 10. The van der Waals surface area contributed by atoms with Crippen LogP contribution in [0.25, 0.3) is 0 Å². The third-order valence-corrected chi connectivity index (χ3v) is 4.86. The Hall–Kier alpha value is -3.94. The smallest absolute Gasteiger partial charge is 0.332 e. The second-order valence-electron chi connectivity index (χ2n) is 7.30. The number of nitrogens with one attached hydrogen (secondary N) is 2. The van der Waals surface area contributed by atoms with Gasteiger partial charge >= 0.3 is 11.9 Å². The summed E-state index contributed by atoms with van der Waals surface area (Å²) in [5, 5.41) is 25.1. The molecule has 0 aliphatic rings. The van der Waals surface area contributed by atoms with Crippen LogP contribution in [0, 0.1) is 0 Å². The first kappa shape index (κ1) is 24.3. The minimum absolute atomic E-state index is 0.234. The van der Waals surface area contributed by atoms with Crippen molar-refractivity contribution in [1.29, 1.82) is 0 Å². The van der Waals surface area contributed by atoms with E-state index in [4.69, 9.17) is 0 Å². The van der Waals surface area contributed by atoms with Gasteiger partial charge in [-0.05, 0) is 11.1 Å². The first-order valence-electron chi connectivity index (χ1n) is 10.0. The number of carbonyl (C=O) groups is 4. The SMILES string of the molecule is CC(=O)N[C@@H](C/C(C(=O)O)=C(/C[C@H](NC(C)=O)c1ccccc1)C(=O)O)c1ccccc1. The van der Waals surface area contributed by atoms with Crippen molar-refractivity contribution < 1.29 is 29.4 Å². The molecule has 2 rings (SSSR count). The number of amides is 2. The van der Waals surface area contributed by atoms with E-state index >= 15 is 0 Å². The highest BCUT2D eigenvalue weighted by atomic mass is 16.4. The summed E-state index contributed by atoms with van der Waals surface area (Å²) >= 11 is 0. The van der Waals surface area contributed by atoms with Crippen molar-refractivity contribution in [2.24, 2.45) is 0 Å². The first-order chi connectivity index (χ1) is 15.2. The predicted octanol–water partition coefficient (Wildman–Crippen LogP) is 2.99. The monoisotopic (exact) mass is 438 g/mol. The normalized spacial score (nSPS) is 13.3. The second-order valence-corrected chi connectivity index (χ2v) is 7.30. The summed E-state index contributed by atoms with van der Waals surface area (Å²) in [7, 11) is 0. The van der Waals surface area contributed by atoms with E-state index in [1.165, 1.54) is 13.8 Å². The van der Waals surface area contributed by atoms with Crippen LogP contribution < -0.4 is 10.6 Å². The third-order valence-electron chi connectivity index (χ3n) is 4.86. The summed E-state index contributed by atoms with van der Waals surface area (Å²) in [4.78, 5) is 47.7. The number of aliphatic carboxylic acids is 2. The van der Waals surface area contributed by atoms with Crippen LogP contribution in [-0.2, 0) is 19.2 Å². The quantitative estimate of drug-likeness (QED) is 0.422. The lowest BCUT2D eigenvalue weighted by Crippen LogP contribution is -2.30. The van der Waals surface area contributed by atoms with Crippen molar-refractivity contribution in [2.45, 2.75) is 38.8 Å². The van der Waals surface area contributed by atoms with Gasteiger partial charge in [0.15, 0.2) is 0 Å². The zero-order chi connectivity index (χ0) is 23.7. The van der Waals surface area contributed by atoms with Crippen molar-refractivity contribution in [3.05, 3.63) is 82.9 Å². The Bertz CT molecular complexity index is 920. The molecule has 32 heavy (non-hydrogen) atoms. The van der Waals surface area contributed by atoms with Crippen LogP contribution in [0.1, 0.15) is 49.9 Å². The van der Waals surface area contributed by atoms with Crippen LogP contribution in [-0.4, -0.2) is 34.0 Å². The Morgan fingerprint density at radius 1 is 0.656 bits per heavy atom. The fourth-order valence-corrected chi connectivity index (χ4v) is 3.45. The second kappa shape index (κ2) is 11.5. The maximum Gasteiger partial charge on any atom is 0.332 e. The van der Waals surface area contributed by atoms with Crippen LogP contribution in [0.4, 0.5) is 0 Å². The molecule has 2 atom stereocenters.